The van der Waals surface area contributed by atoms with Gasteiger partial charge in [0.15, 0.2) is 0 Å². The van der Waals surface area contributed by atoms with E-state index in [1.165, 1.54) is 45.2 Å². The van der Waals surface area contributed by atoms with Gasteiger partial charge >= 0.3 is 0 Å². The van der Waals surface area contributed by atoms with Crippen LogP contribution in [0.5, 0.6) is 0 Å². The molecule has 1 saturated carbocycles. The molecule has 2 bridgehead atoms. The number of hydrogen-bond acceptors (Lipinski definition) is 1. The highest BCUT2D eigenvalue weighted by molar-refractivity contribution is 5.26. The van der Waals surface area contributed by atoms with E-state index in [9.17, 15) is 0 Å². The van der Waals surface area contributed by atoms with Crippen molar-refractivity contribution in [3.8, 4) is 0 Å². The summed E-state index contributed by atoms with van der Waals surface area (Å²) in [4.78, 5) is 2.55. The van der Waals surface area contributed by atoms with Gasteiger partial charge in [0, 0.05) is 19.0 Å². The standard InChI is InChI=1S/C13H19N/c1-2-6-14(7-3-1)10-13-9-11-4-5-12(13)8-11/h4-5,10-12H,1-3,6-9H2/b13-10-/t11-,12+/m1/s1. The third kappa shape index (κ3) is 1.49. The fraction of sp³-hybridized carbons (Fsp3) is 0.692. The minimum absolute atomic E-state index is 0.807. The average molecular weight is 189 g/mol. The molecule has 0 N–H and O–H groups in total. The lowest BCUT2D eigenvalue weighted by atomic mass is 10.0. The van der Waals surface area contributed by atoms with Gasteiger partial charge in [0.25, 0.3) is 0 Å². The molecule has 14 heavy (non-hydrogen) atoms. The Bertz CT molecular complexity index is 271. The first-order chi connectivity index (χ1) is 6.92. The first-order valence-corrected chi connectivity index (χ1v) is 6.05. The maximum Gasteiger partial charge on any atom is 0.0172 e. The molecule has 0 aromatic carbocycles. The first-order valence-electron chi connectivity index (χ1n) is 6.05. The van der Waals surface area contributed by atoms with E-state index < -0.39 is 0 Å². The van der Waals surface area contributed by atoms with E-state index in [0.717, 1.165) is 11.8 Å². The third-order valence-electron chi connectivity index (χ3n) is 3.89. The maximum atomic E-state index is 2.55. The zero-order valence-corrected chi connectivity index (χ0v) is 8.78. The highest BCUT2D eigenvalue weighted by Crippen LogP contribution is 2.43. The van der Waals surface area contributed by atoms with Crippen LogP contribution in [-0.4, -0.2) is 18.0 Å². The maximum absolute atomic E-state index is 2.55. The molecule has 0 radical (unpaired) electrons. The first kappa shape index (κ1) is 8.58. The molecule has 2 aliphatic carbocycles. The van der Waals surface area contributed by atoms with Crippen LogP contribution >= 0.6 is 0 Å². The summed E-state index contributed by atoms with van der Waals surface area (Å²) in [6, 6.07) is 0. The minimum atomic E-state index is 0.807. The third-order valence-corrected chi connectivity index (χ3v) is 3.89. The number of fused-ring (bicyclic) bond motifs is 2. The topological polar surface area (TPSA) is 3.24 Å². The molecule has 0 amide bonds. The quantitative estimate of drug-likeness (QED) is 0.573. The smallest absolute Gasteiger partial charge is 0.0172 e. The minimum Gasteiger partial charge on any atom is -0.377 e. The Labute approximate surface area is 86.5 Å². The molecule has 76 valence electrons. The van der Waals surface area contributed by atoms with Gasteiger partial charge in [0.05, 0.1) is 0 Å². The number of rotatable bonds is 1. The molecule has 2 fully saturated rings. The monoisotopic (exact) mass is 189 g/mol. The summed E-state index contributed by atoms with van der Waals surface area (Å²) in [7, 11) is 0. The molecule has 1 saturated heterocycles. The Hall–Kier alpha value is -0.720. The normalized spacial score (nSPS) is 38.6. The van der Waals surface area contributed by atoms with Crippen molar-refractivity contribution in [2.24, 2.45) is 11.8 Å². The lowest BCUT2D eigenvalue weighted by Gasteiger charge is -2.26. The lowest BCUT2D eigenvalue weighted by Crippen LogP contribution is -2.25. The Morgan fingerprint density at radius 3 is 2.64 bits per heavy atom. The van der Waals surface area contributed by atoms with E-state index in [-0.39, 0.29) is 0 Å². The summed E-state index contributed by atoms with van der Waals surface area (Å²) < 4.78 is 0. The summed E-state index contributed by atoms with van der Waals surface area (Å²) in [5.74, 6) is 1.69. The molecule has 3 rings (SSSR count). The zero-order chi connectivity index (χ0) is 9.38. The van der Waals surface area contributed by atoms with Gasteiger partial charge < -0.3 is 4.90 Å². The molecule has 0 spiro atoms. The Morgan fingerprint density at radius 1 is 1.14 bits per heavy atom. The van der Waals surface area contributed by atoms with Crippen molar-refractivity contribution in [3.05, 3.63) is 23.9 Å². The molecule has 0 aromatic heterocycles. The van der Waals surface area contributed by atoms with Crippen LogP contribution in [0.15, 0.2) is 23.9 Å². The molecule has 0 aromatic rings. The number of likely N-dealkylation sites (tertiary alicyclic amines) is 1. The molecule has 0 unspecified atom stereocenters. The summed E-state index contributed by atoms with van der Waals surface area (Å²) in [6.45, 7) is 2.59. The molecule has 1 heterocycles. The Balaban J connectivity index is 1.69. The van der Waals surface area contributed by atoms with Crippen LogP contribution in [0.3, 0.4) is 0 Å². The van der Waals surface area contributed by atoms with Crippen molar-refractivity contribution in [2.45, 2.75) is 32.1 Å². The van der Waals surface area contributed by atoms with Crippen LogP contribution in [0.25, 0.3) is 0 Å². The number of nitrogens with zero attached hydrogens (tertiary/aromatic N) is 1. The Kier molecular flexibility index (Phi) is 2.11. The molecular formula is C13H19N. The fourth-order valence-corrected chi connectivity index (χ4v) is 3.09. The van der Waals surface area contributed by atoms with Crippen LogP contribution in [0.4, 0.5) is 0 Å². The van der Waals surface area contributed by atoms with E-state index in [2.05, 4.69) is 23.3 Å². The van der Waals surface area contributed by atoms with Crippen molar-refractivity contribution in [3.63, 3.8) is 0 Å². The summed E-state index contributed by atoms with van der Waals surface area (Å²) in [6.07, 6.45) is 14.3. The van der Waals surface area contributed by atoms with E-state index >= 15 is 0 Å². The zero-order valence-electron chi connectivity index (χ0n) is 8.78. The van der Waals surface area contributed by atoms with Gasteiger partial charge in [-0.05, 0) is 49.8 Å². The van der Waals surface area contributed by atoms with Gasteiger partial charge in [-0.2, -0.15) is 0 Å². The summed E-state index contributed by atoms with van der Waals surface area (Å²) in [5, 5.41) is 0. The van der Waals surface area contributed by atoms with E-state index in [1.807, 2.05) is 0 Å². The van der Waals surface area contributed by atoms with Gasteiger partial charge in [0.1, 0.15) is 0 Å². The van der Waals surface area contributed by atoms with Gasteiger partial charge in [-0.15, -0.1) is 0 Å². The molecule has 1 aliphatic heterocycles. The number of hydrogen-bond donors (Lipinski definition) is 0. The Morgan fingerprint density at radius 2 is 2.00 bits per heavy atom. The summed E-state index contributed by atoms with van der Waals surface area (Å²) in [5.41, 5.74) is 1.71. The van der Waals surface area contributed by atoms with Crippen molar-refractivity contribution in [2.75, 3.05) is 13.1 Å². The van der Waals surface area contributed by atoms with E-state index in [4.69, 9.17) is 0 Å². The van der Waals surface area contributed by atoms with Crippen molar-refractivity contribution in [1.82, 2.24) is 4.90 Å². The second-order valence-corrected chi connectivity index (χ2v) is 4.99. The summed E-state index contributed by atoms with van der Waals surface area (Å²) >= 11 is 0. The predicted octanol–water partition coefficient (Wildman–Crippen LogP) is 2.95. The van der Waals surface area contributed by atoms with Crippen LogP contribution < -0.4 is 0 Å². The van der Waals surface area contributed by atoms with Crippen LogP contribution in [-0.2, 0) is 0 Å². The van der Waals surface area contributed by atoms with Gasteiger partial charge in [0.2, 0.25) is 0 Å². The highest BCUT2D eigenvalue weighted by atomic mass is 15.1. The van der Waals surface area contributed by atoms with E-state index in [1.54, 1.807) is 5.57 Å². The van der Waals surface area contributed by atoms with Crippen LogP contribution in [0.1, 0.15) is 32.1 Å². The predicted molar refractivity (Wildman–Crippen MR) is 58.9 cm³/mol. The highest BCUT2D eigenvalue weighted by Gasteiger charge is 2.31. The fourth-order valence-electron chi connectivity index (χ4n) is 3.09. The molecule has 2 atom stereocenters. The molecular weight excluding hydrogens is 170 g/mol. The van der Waals surface area contributed by atoms with Gasteiger partial charge in [-0.3, -0.25) is 0 Å². The van der Waals surface area contributed by atoms with Crippen molar-refractivity contribution in [1.29, 1.82) is 0 Å². The van der Waals surface area contributed by atoms with Crippen molar-refractivity contribution < 1.29 is 0 Å². The number of allylic oxidation sites excluding steroid dienone is 3. The van der Waals surface area contributed by atoms with Gasteiger partial charge in [-0.1, -0.05) is 12.2 Å². The van der Waals surface area contributed by atoms with E-state index in [0.29, 0.717) is 0 Å². The molecule has 1 nitrogen and oxygen atoms in total. The van der Waals surface area contributed by atoms with Crippen molar-refractivity contribution >= 4 is 0 Å². The molecule has 3 aliphatic rings. The second-order valence-electron chi connectivity index (χ2n) is 4.99. The SMILES string of the molecule is C1=C[C@H]2C[C@@H]1C/C2=C/N1CCCCC1. The largest absolute Gasteiger partial charge is 0.377 e. The second kappa shape index (κ2) is 3.45. The average Bonchev–Trinajstić information content (AvgIpc) is 2.81. The van der Waals surface area contributed by atoms with Gasteiger partial charge in [-0.25, -0.2) is 0 Å². The lowest BCUT2D eigenvalue weighted by molar-refractivity contribution is 0.306. The van der Waals surface area contributed by atoms with Crippen LogP contribution in [0.2, 0.25) is 0 Å². The van der Waals surface area contributed by atoms with Crippen LogP contribution in [0, 0.1) is 11.8 Å². The molecule has 1 heteroatoms. The number of piperidine rings is 1.